The summed E-state index contributed by atoms with van der Waals surface area (Å²) in [6.45, 7) is 13.6. The van der Waals surface area contributed by atoms with Crippen molar-refractivity contribution < 1.29 is 27.4 Å². The molecule has 0 amide bonds. The van der Waals surface area contributed by atoms with E-state index in [1.54, 1.807) is 6.07 Å². The van der Waals surface area contributed by atoms with Crippen LogP contribution in [0.2, 0.25) is 5.02 Å². The lowest BCUT2D eigenvalue weighted by Crippen LogP contribution is -2.47. The summed E-state index contributed by atoms with van der Waals surface area (Å²) in [6, 6.07) is 34.2. The van der Waals surface area contributed by atoms with Gasteiger partial charge in [0.1, 0.15) is 30.5 Å². The Morgan fingerprint density at radius 2 is 0.885 bits per heavy atom. The molecule has 0 aromatic heterocycles. The van der Waals surface area contributed by atoms with Crippen molar-refractivity contribution in [3.63, 3.8) is 0 Å². The molecule has 0 spiro atoms. The van der Waals surface area contributed by atoms with Crippen LogP contribution in [-0.4, -0.2) is 118 Å². The van der Waals surface area contributed by atoms with Crippen molar-refractivity contribution in [3.05, 3.63) is 125 Å². The molecule has 2 heterocycles. The first-order valence-electron chi connectivity index (χ1n) is 18.1. The predicted octanol–water partition coefficient (Wildman–Crippen LogP) is 7.40. The second kappa shape index (κ2) is 21.0. The van der Waals surface area contributed by atoms with E-state index in [4.69, 9.17) is 21.1 Å². The first kappa shape index (κ1) is 39.4. The van der Waals surface area contributed by atoms with Crippen molar-refractivity contribution in [2.45, 2.75) is 19.2 Å². The van der Waals surface area contributed by atoms with Crippen LogP contribution in [0.3, 0.4) is 0 Å². The van der Waals surface area contributed by atoms with Gasteiger partial charge in [-0.15, -0.1) is 13.2 Å². The van der Waals surface area contributed by atoms with E-state index in [1.807, 2.05) is 78.9 Å². The van der Waals surface area contributed by atoms with Crippen molar-refractivity contribution >= 4 is 11.6 Å². The monoisotopic (exact) mass is 738 g/mol. The van der Waals surface area contributed by atoms with Crippen LogP contribution in [0.25, 0.3) is 0 Å². The largest absolute Gasteiger partial charge is 0.573 e. The minimum Gasteiger partial charge on any atom is -0.492 e. The van der Waals surface area contributed by atoms with Gasteiger partial charge in [0, 0.05) is 83.6 Å². The Labute approximate surface area is 311 Å². The molecule has 52 heavy (non-hydrogen) atoms. The fourth-order valence-corrected chi connectivity index (χ4v) is 6.47. The van der Waals surface area contributed by atoms with E-state index in [9.17, 15) is 13.2 Å². The number of halogens is 4. The van der Waals surface area contributed by atoms with E-state index in [1.165, 1.54) is 17.7 Å². The fourth-order valence-electron chi connectivity index (χ4n) is 6.26. The Hall–Kier alpha value is -3.80. The molecule has 2 saturated heterocycles. The molecule has 4 aromatic carbocycles. The van der Waals surface area contributed by atoms with Crippen molar-refractivity contribution in [1.82, 2.24) is 19.6 Å². The molecule has 2 fully saturated rings. The summed E-state index contributed by atoms with van der Waals surface area (Å²) in [5.74, 6) is 1.68. The number of alkyl halides is 3. The van der Waals surface area contributed by atoms with Crippen LogP contribution in [-0.2, 0) is 12.8 Å². The first-order valence-corrected chi connectivity index (χ1v) is 18.5. The second-order valence-electron chi connectivity index (χ2n) is 13.0. The Balaban J connectivity index is 0.000000203. The minimum absolute atomic E-state index is 0.159. The molecule has 7 nitrogen and oxygen atoms in total. The minimum atomic E-state index is -4.65. The number of hydrogen-bond donors (Lipinski definition) is 0. The molecule has 0 unspecified atom stereocenters. The highest BCUT2D eigenvalue weighted by Crippen LogP contribution is 2.23. The molecular weight excluding hydrogens is 689 g/mol. The molecule has 0 saturated carbocycles. The third-order valence-corrected chi connectivity index (χ3v) is 9.46. The second-order valence-corrected chi connectivity index (χ2v) is 13.5. The molecule has 0 radical (unpaired) electrons. The van der Waals surface area contributed by atoms with E-state index < -0.39 is 6.36 Å². The predicted molar refractivity (Wildman–Crippen MR) is 202 cm³/mol. The van der Waals surface area contributed by atoms with Gasteiger partial charge in [-0.3, -0.25) is 9.80 Å². The summed E-state index contributed by atoms with van der Waals surface area (Å²) >= 11 is 6.05. The van der Waals surface area contributed by atoms with Gasteiger partial charge in [-0.1, -0.05) is 72.3 Å². The van der Waals surface area contributed by atoms with Gasteiger partial charge in [-0.05, 0) is 72.5 Å². The lowest BCUT2D eigenvalue weighted by molar-refractivity contribution is -0.274. The third kappa shape index (κ3) is 15.0. The average Bonchev–Trinajstić information content (AvgIpc) is 3.15. The van der Waals surface area contributed by atoms with Crippen molar-refractivity contribution in [2.75, 3.05) is 91.8 Å². The smallest absolute Gasteiger partial charge is 0.492 e. The molecule has 0 N–H and O–H groups in total. The molecule has 280 valence electrons. The Kier molecular flexibility index (Phi) is 15.9. The first-order chi connectivity index (χ1) is 25.3. The van der Waals surface area contributed by atoms with Crippen molar-refractivity contribution in [3.8, 4) is 17.2 Å². The highest BCUT2D eigenvalue weighted by molar-refractivity contribution is 6.30. The highest BCUT2D eigenvalue weighted by atomic mass is 35.5. The van der Waals surface area contributed by atoms with Gasteiger partial charge in [-0.25, -0.2) is 0 Å². The highest BCUT2D eigenvalue weighted by Gasteiger charge is 2.31. The molecule has 6 rings (SSSR count). The molecular formula is C41H50ClF3N4O3. The van der Waals surface area contributed by atoms with Crippen LogP contribution in [0.4, 0.5) is 13.2 Å². The van der Waals surface area contributed by atoms with Gasteiger partial charge in [0.05, 0.1) is 0 Å². The van der Waals surface area contributed by atoms with Crippen LogP contribution >= 0.6 is 11.6 Å². The third-order valence-electron chi connectivity index (χ3n) is 9.22. The molecule has 2 aliphatic heterocycles. The van der Waals surface area contributed by atoms with E-state index >= 15 is 0 Å². The SMILES string of the molecule is Clc1cccc(CCN2CCN(CCOc3ccccc3)CC2)c1.FC(F)(F)Oc1cccc(CCN2CCN(CCOc3ccccc3)CC2)c1. The van der Waals surface area contributed by atoms with Gasteiger partial charge in [0.15, 0.2) is 0 Å². The molecule has 0 aliphatic carbocycles. The number of ether oxygens (including phenoxy) is 3. The molecule has 4 aromatic rings. The summed E-state index contributed by atoms with van der Waals surface area (Å²) in [7, 11) is 0. The zero-order chi connectivity index (χ0) is 36.4. The number of benzene rings is 4. The number of piperazine rings is 2. The van der Waals surface area contributed by atoms with Crippen LogP contribution in [0.15, 0.2) is 109 Å². The Morgan fingerprint density at radius 1 is 0.481 bits per heavy atom. The van der Waals surface area contributed by atoms with Crippen LogP contribution in [0.5, 0.6) is 17.2 Å². The lowest BCUT2D eigenvalue weighted by atomic mass is 10.1. The van der Waals surface area contributed by atoms with E-state index in [2.05, 4.69) is 36.5 Å². The maximum atomic E-state index is 12.3. The van der Waals surface area contributed by atoms with Crippen LogP contribution in [0.1, 0.15) is 11.1 Å². The molecule has 0 bridgehead atoms. The number of hydrogen-bond acceptors (Lipinski definition) is 7. The van der Waals surface area contributed by atoms with E-state index in [-0.39, 0.29) is 5.75 Å². The normalized spacial score (nSPS) is 16.2. The zero-order valence-electron chi connectivity index (χ0n) is 29.7. The summed E-state index contributed by atoms with van der Waals surface area (Å²) < 4.78 is 52.5. The van der Waals surface area contributed by atoms with Gasteiger partial charge in [0.25, 0.3) is 0 Å². The zero-order valence-corrected chi connectivity index (χ0v) is 30.5. The molecule has 11 heteroatoms. The van der Waals surface area contributed by atoms with E-state index in [0.29, 0.717) is 13.0 Å². The van der Waals surface area contributed by atoms with E-state index in [0.717, 1.165) is 114 Å². The number of rotatable bonds is 15. The fraction of sp³-hybridized carbons (Fsp3) is 0.415. The summed E-state index contributed by atoms with van der Waals surface area (Å²) in [5.41, 5.74) is 2.17. The van der Waals surface area contributed by atoms with Crippen LogP contribution < -0.4 is 14.2 Å². The lowest BCUT2D eigenvalue weighted by Gasteiger charge is -2.34. The Morgan fingerprint density at radius 3 is 1.33 bits per heavy atom. The molecule has 2 aliphatic rings. The van der Waals surface area contributed by atoms with Gasteiger partial charge in [0.2, 0.25) is 0 Å². The number of para-hydroxylation sites is 2. The maximum Gasteiger partial charge on any atom is 0.573 e. The Bertz CT molecular complexity index is 1570. The summed E-state index contributed by atoms with van der Waals surface area (Å²) in [4.78, 5) is 9.73. The van der Waals surface area contributed by atoms with Crippen LogP contribution in [0, 0.1) is 0 Å². The standard InChI is InChI=1S/C21H25F3N2O2.C20H25ClN2O/c22-21(23,24)28-20-8-4-5-18(17-20)9-10-25-11-13-26(14-12-25)15-16-27-19-6-2-1-3-7-19;21-19-6-4-5-18(17-19)9-10-22-11-13-23(14-12-22)15-16-24-20-7-2-1-3-8-20/h1-8,17H,9-16H2;1-8,17H,9-16H2. The number of nitrogens with zero attached hydrogens (tertiary/aromatic N) is 4. The molecule has 0 atom stereocenters. The van der Waals surface area contributed by atoms with Gasteiger partial charge >= 0.3 is 6.36 Å². The van der Waals surface area contributed by atoms with Gasteiger partial charge in [-0.2, -0.15) is 0 Å². The quantitative estimate of drug-likeness (QED) is 0.126. The van der Waals surface area contributed by atoms with Crippen molar-refractivity contribution in [2.24, 2.45) is 0 Å². The van der Waals surface area contributed by atoms with Gasteiger partial charge < -0.3 is 24.0 Å². The maximum absolute atomic E-state index is 12.3. The summed E-state index contributed by atoms with van der Waals surface area (Å²) in [6.07, 6.45) is -2.89. The summed E-state index contributed by atoms with van der Waals surface area (Å²) in [5, 5.41) is 0.829. The topological polar surface area (TPSA) is 40.7 Å². The average molecular weight is 739 g/mol. The van der Waals surface area contributed by atoms with Crippen molar-refractivity contribution in [1.29, 1.82) is 0 Å².